The van der Waals surface area contributed by atoms with Crippen molar-refractivity contribution in [2.75, 3.05) is 27.2 Å². The fourth-order valence-electron chi connectivity index (χ4n) is 4.81. The van der Waals surface area contributed by atoms with Crippen molar-refractivity contribution in [1.82, 2.24) is 23.9 Å². The van der Waals surface area contributed by atoms with Crippen LogP contribution in [0.1, 0.15) is 21.5 Å². The summed E-state index contributed by atoms with van der Waals surface area (Å²) in [6, 6.07) is 18.3. The lowest BCUT2D eigenvalue weighted by molar-refractivity contribution is 0.0399. The van der Waals surface area contributed by atoms with E-state index in [0.717, 1.165) is 52.5 Å². The zero-order valence-corrected chi connectivity index (χ0v) is 19.1. The fourth-order valence-corrected chi connectivity index (χ4v) is 4.81. The molecule has 0 spiro atoms. The number of amides is 1. The normalized spacial score (nSPS) is 14.6. The van der Waals surface area contributed by atoms with Crippen LogP contribution in [0.15, 0.2) is 67.1 Å². The van der Waals surface area contributed by atoms with Crippen molar-refractivity contribution in [1.29, 1.82) is 5.26 Å². The number of aromatic nitrogens is 3. The molecular weight excluding hydrogens is 424 g/mol. The van der Waals surface area contributed by atoms with Crippen LogP contribution < -0.4 is 0 Å². The topological polar surface area (TPSA) is 70.1 Å². The molecule has 0 saturated carbocycles. The van der Waals surface area contributed by atoms with Gasteiger partial charge in [0.15, 0.2) is 5.82 Å². The van der Waals surface area contributed by atoms with Crippen LogP contribution in [-0.2, 0) is 6.54 Å². The number of carbonyl (C=O) groups excluding carboxylic acids is 1. The van der Waals surface area contributed by atoms with Gasteiger partial charge in [0.25, 0.3) is 5.91 Å². The molecule has 1 fully saturated rings. The quantitative estimate of drug-likeness (QED) is 0.423. The van der Waals surface area contributed by atoms with Gasteiger partial charge in [0.1, 0.15) is 0 Å². The SMILES string of the molecule is CN(C)C1CN(C(=O)c2ccc3c(c2)Cn2cc(-c4ccc(C#N)cc4)cc2-c2nccn2-3)C1. The van der Waals surface area contributed by atoms with Gasteiger partial charge < -0.3 is 14.4 Å². The molecule has 2 aromatic heterocycles. The number of benzene rings is 2. The molecule has 1 saturated heterocycles. The number of likely N-dealkylation sites (N-methyl/N-ethyl adjacent to an activating group) is 1. The Bertz CT molecular complexity index is 1450. The third kappa shape index (κ3) is 3.23. The van der Waals surface area contributed by atoms with Gasteiger partial charge in [-0.25, -0.2) is 4.98 Å². The number of likely N-dealkylation sites (tertiary alicyclic amines) is 1. The van der Waals surface area contributed by atoms with E-state index in [0.29, 0.717) is 18.2 Å². The van der Waals surface area contributed by atoms with E-state index in [2.05, 4.69) is 51.4 Å². The summed E-state index contributed by atoms with van der Waals surface area (Å²) in [4.78, 5) is 21.8. The second kappa shape index (κ2) is 7.72. The molecule has 2 aliphatic rings. The zero-order valence-electron chi connectivity index (χ0n) is 19.1. The summed E-state index contributed by atoms with van der Waals surface area (Å²) in [5, 5.41) is 9.10. The van der Waals surface area contributed by atoms with Gasteiger partial charge in [-0.15, -0.1) is 0 Å². The van der Waals surface area contributed by atoms with Crippen molar-refractivity contribution in [3.05, 3.63) is 83.8 Å². The summed E-state index contributed by atoms with van der Waals surface area (Å²) in [6.45, 7) is 2.18. The summed E-state index contributed by atoms with van der Waals surface area (Å²) in [7, 11) is 4.11. The first-order chi connectivity index (χ1) is 16.5. The standard InChI is InChI=1S/C27H24N6O/c1-30(2)23-16-32(17-23)27(34)20-7-8-24-22(11-20)15-31-14-21(19-5-3-18(13-28)4-6-19)12-25(31)26-29-9-10-33(24)26/h3-12,14,23H,15-17H2,1-2H3. The molecule has 0 atom stereocenters. The van der Waals surface area contributed by atoms with Crippen molar-refractivity contribution < 1.29 is 4.79 Å². The molecule has 2 aliphatic heterocycles. The molecule has 2 aromatic carbocycles. The smallest absolute Gasteiger partial charge is 0.253 e. The minimum atomic E-state index is 0.0852. The van der Waals surface area contributed by atoms with Crippen LogP contribution in [0.25, 0.3) is 28.3 Å². The Morgan fingerprint density at radius 2 is 1.88 bits per heavy atom. The maximum Gasteiger partial charge on any atom is 0.253 e. The van der Waals surface area contributed by atoms with Gasteiger partial charge in [-0.2, -0.15) is 5.26 Å². The molecule has 6 rings (SSSR count). The first-order valence-corrected chi connectivity index (χ1v) is 11.4. The van der Waals surface area contributed by atoms with E-state index in [-0.39, 0.29) is 5.91 Å². The minimum Gasteiger partial charge on any atom is -0.340 e. The largest absolute Gasteiger partial charge is 0.340 e. The van der Waals surface area contributed by atoms with E-state index in [1.807, 2.05) is 59.8 Å². The van der Waals surface area contributed by atoms with Gasteiger partial charge in [-0.3, -0.25) is 9.36 Å². The maximum absolute atomic E-state index is 13.1. The zero-order chi connectivity index (χ0) is 23.4. The van der Waals surface area contributed by atoms with Crippen molar-refractivity contribution in [3.63, 3.8) is 0 Å². The highest BCUT2D eigenvalue weighted by Crippen LogP contribution is 2.34. The highest BCUT2D eigenvalue weighted by molar-refractivity contribution is 5.95. The maximum atomic E-state index is 13.1. The molecule has 34 heavy (non-hydrogen) atoms. The van der Waals surface area contributed by atoms with Gasteiger partial charge in [-0.1, -0.05) is 12.1 Å². The monoisotopic (exact) mass is 448 g/mol. The van der Waals surface area contributed by atoms with Crippen LogP contribution in [0.4, 0.5) is 0 Å². The number of fused-ring (bicyclic) bond motifs is 5. The Kier molecular flexibility index (Phi) is 4.64. The van der Waals surface area contributed by atoms with E-state index < -0.39 is 0 Å². The van der Waals surface area contributed by atoms with Gasteiger partial charge in [-0.05, 0) is 61.6 Å². The van der Waals surface area contributed by atoms with Crippen LogP contribution in [0, 0.1) is 11.3 Å². The van der Waals surface area contributed by atoms with Gasteiger partial charge in [0.05, 0.1) is 23.0 Å². The van der Waals surface area contributed by atoms with E-state index in [4.69, 9.17) is 5.26 Å². The summed E-state index contributed by atoms with van der Waals surface area (Å²) in [5.74, 6) is 0.955. The number of hydrogen-bond acceptors (Lipinski definition) is 4. The summed E-state index contributed by atoms with van der Waals surface area (Å²) >= 11 is 0. The molecule has 4 heterocycles. The molecule has 0 N–H and O–H groups in total. The molecule has 4 aromatic rings. The average molecular weight is 449 g/mol. The van der Waals surface area contributed by atoms with E-state index in [1.165, 1.54) is 0 Å². The van der Waals surface area contributed by atoms with Crippen molar-refractivity contribution in [2.24, 2.45) is 0 Å². The Hall–Kier alpha value is -4.15. The Morgan fingerprint density at radius 1 is 1.09 bits per heavy atom. The van der Waals surface area contributed by atoms with Crippen molar-refractivity contribution >= 4 is 5.91 Å². The molecule has 0 aliphatic carbocycles. The van der Waals surface area contributed by atoms with Crippen LogP contribution in [0.3, 0.4) is 0 Å². The lowest BCUT2D eigenvalue weighted by Gasteiger charge is -2.42. The molecule has 1 amide bonds. The fraction of sp³-hybridized carbons (Fsp3) is 0.222. The van der Waals surface area contributed by atoms with Gasteiger partial charge in [0, 0.05) is 55.4 Å². The molecule has 0 radical (unpaired) electrons. The first-order valence-electron chi connectivity index (χ1n) is 11.4. The van der Waals surface area contributed by atoms with E-state index in [9.17, 15) is 4.79 Å². The Balaban J connectivity index is 1.37. The lowest BCUT2D eigenvalue weighted by Crippen LogP contribution is -2.59. The third-order valence-corrected chi connectivity index (χ3v) is 6.92. The lowest BCUT2D eigenvalue weighted by atomic mass is 10.0. The summed E-state index contributed by atoms with van der Waals surface area (Å²) in [5.41, 5.74) is 6.63. The molecule has 0 unspecified atom stereocenters. The predicted octanol–water partition coefficient (Wildman–Crippen LogP) is 3.63. The average Bonchev–Trinajstić information content (AvgIpc) is 3.43. The number of imidazole rings is 1. The van der Waals surface area contributed by atoms with E-state index in [1.54, 1.807) is 0 Å². The Labute approximate surface area is 198 Å². The van der Waals surface area contributed by atoms with E-state index >= 15 is 0 Å². The van der Waals surface area contributed by atoms with Gasteiger partial charge in [0.2, 0.25) is 0 Å². The highest BCUT2D eigenvalue weighted by atomic mass is 16.2. The summed E-state index contributed by atoms with van der Waals surface area (Å²) in [6.07, 6.45) is 5.90. The minimum absolute atomic E-state index is 0.0852. The van der Waals surface area contributed by atoms with Crippen LogP contribution in [-0.4, -0.2) is 63.1 Å². The highest BCUT2D eigenvalue weighted by Gasteiger charge is 2.33. The second-order valence-corrected chi connectivity index (χ2v) is 9.22. The molecular formula is C27H24N6O. The number of rotatable bonds is 3. The first kappa shape index (κ1) is 20.5. The predicted molar refractivity (Wildman–Crippen MR) is 130 cm³/mol. The van der Waals surface area contributed by atoms with Crippen molar-refractivity contribution in [3.8, 4) is 34.4 Å². The molecule has 0 bridgehead atoms. The molecule has 7 nitrogen and oxygen atoms in total. The number of hydrogen-bond donors (Lipinski definition) is 0. The van der Waals surface area contributed by atoms with Gasteiger partial charge >= 0.3 is 0 Å². The Morgan fingerprint density at radius 3 is 2.62 bits per heavy atom. The second-order valence-electron chi connectivity index (χ2n) is 9.22. The van der Waals surface area contributed by atoms with Crippen LogP contribution >= 0.6 is 0 Å². The van der Waals surface area contributed by atoms with Crippen molar-refractivity contribution in [2.45, 2.75) is 12.6 Å². The number of carbonyl (C=O) groups is 1. The number of nitrogens with zero attached hydrogens (tertiary/aromatic N) is 6. The van der Waals surface area contributed by atoms with Crippen LogP contribution in [0.5, 0.6) is 0 Å². The number of nitriles is 1. The molecule has 7 heteroatoms. The molecule has 168 valence electrons. The third-order valence-electron chi connectivity index (χ3n) is 6.92. The van der Waals surface area contributed by atoms with Crippen LogP contribution in [0.2, 0.25) is 0 Å². The summed E-state index contributed by atoms with van der Waals surface area (Å²) < 4.78 is 4.29.